The Kier molecular flexibility index (Phi) is 5.49. The van der Waals surface area contributed by atoms with E-state index in [9.17, 15) is 10.0 Å². The van der Waals surface area contributed by atoms with Crippen molar-refractivity contribution >= 4 is 29.2 Å². The second-order valence-corrected chi connectivity index (χ2v) is 9.84. The molecule has 0 radical (unpaired) electrons. The van der Waals surface area contributed by atoms with Gasteiger partial charge in [0.25, 0.3) is 0 Å². The Morgan fingerprint density at radius 2 is 1.79 bits per heavy atom. The molecule has 0 unspecified atom stereocenters. The minimum absolute atomic E-state index is 0.220. The lowest BCUT2D eigenvalue weighted by Crippen LogP contribution is -2.42. The van der Waals surface area contributed by atoms with E-state index in [-0.39, 0.29) is 6.09 Å². The molecule has 1 saturated heterocycles. The molecule has 1 amide bonds. The molecule has 2 heterocycles. The van der Waals surface area contributed by atoms with Crippen molar-refractivity contribution in [1.29, 1.82) is 0 Å². The van der Waals surface area contributed by atoms with E-state index >= 15 is 0 Å². The molecule has 0 atom stereocenters. The summed E-state index contributed by atoms with van der Waals surface area (Å²) < 4.78 is 5.50. The number of carbonyl (C=O) groups excluding carboxylic acids is 1. The average Bonchev–Trinajstić information content (AvgIpc) is 2.67. The molecule has 2 aromatic rings. The fraction of sp³-hybridized carbons (Fsp3) is 0.435. The van der Waals surface area contributed by atoms with Crippen LogP contribution in [-0.4, -0.2) is 34.9 Å². The zero-order chi connectivity index (χ0) is 20.6. The summed E-state index contributed by atoms with van der Waals surface area (Å²) in [4.78, 5) is 16.2. The molecule has 2 aliphatic rings. The lowest BCUT2D eigenvalue weighted by molar-refractivity contribution is 0.0184. The van der Waals surface area contributed by atoms with Gasteiger partial charge in [0, 0.05) is 22.9 Å². The molecular weight excluding hydrogens is 384 g/mol. The summed E-state index contributed by atoms with van der Waals surface area (Å²) in [6.45, 7) is 7.12. The molecule has 1 N–H and O–H groups in total. The van der Waals surface area contributed by atoms with Crippen LogP contribution in [0.1, 0.15) is 39.2 Å². The van der Waals surface area contributed by atoms with Gasteiger partial charge in [0.2, 0.25) is 0 Å². The summed E-state index contributed by atoms with van der Waals surface area (Å²) in [6, 6.07) is 14.2. The van der Waals surface area contributed by atoms with Gasteiger partial charge in [0.05, 0.1) is 11.4 Å². The van der Waals surface area contributed by atoms with Crippen LogP contribution in [-0.2, 0) is 11.2 Å². The molecule has 29 heavy (non-hydrogen) atoms. The number of anilines is 2. The molecule has 154 valence electrons. The molecule has 0 aliphatic carbocycles. The topological polar surface area (TPSA) is 53.0 Å². The van der Waals surface area contributed by atoms with Crippen LogP contribution in [0.15, 0.2) is 52.3 Å². The second kappa shape index (κ2) is 7.92. The molecule has 2 aromatic carbocycles. The number of hydrogen-bond donors (Lipinski definition) is 1. The van der Waals surface area contributed by atoms with Crippen molar-refractivity contribution in [2.45, 2.75) is 55.4 Å². The van der Waals surface area contributed by atoms with Crippen LogP contribution < -0.4 is 5.06 Å². The van der Waals surface area contributed by atoms with Crippen molar-refractivity contribution in [3.05, 3.63) is 48.0 Å². The van der Waals surface area contributed by atoms with Crippen molar-refractivity contribution in [3.8, 4) is 0 Å². The molecule has 4 rings (SSSR count). The smallest absolute Gasteiger partial charge is 0.410 e. The minimum atomic E-state index is -0.463. The highest BCUT2D eigenvalue weighted by molar-refractivity contribution is 7.99. The van der Waals surface area contributed by atoms with Gasteiger partial charge in [-0.2, -0.15) is 0 Å². The lowest BCUT2D eigenvalue weighted by Gasteiger charge is -2.34. The molecule has 0 bridgehead atoms. The Morgan fingerprint density at radius 3 is 2.52 bits per heavy atom. The highest BCUT2D eigenvalue weighted by Crippen LogP contribution is 2.49. The summed E-state index contributed by atoms with van der Waals surface area (Å²) in [5.41, 5.74) is 2.42. The van der Waals surface area contributed by atoms with Crippen LogP contribution in [0, 0.1) is 5.92 Å². The molecule has 0 saturated carbocycles. The van der Waals surface area contributed by atoms with Crippen molar-refractivity contribution in [1.82, 2.24) is 4.90 Å². The van der Waals surface area contributed by atoms with E-state index < -0.39 is 5.60 Å². The van der Waals surface area contributed by atoms with Gasteiger partial charge in [-0.1, -0.05) is 36.0 Å². The van der Waals surface area contributed by atoms with E-state index in [0.29, 0.717) is 5.92 Å². The van der Waals surface area contributed by atoms with E-state index in [0.717, 1.165) is 59.1 Å². The Bertz CT molecular complexity index is 901. The number of benzene rings is 2. The van der Waals surface area contributed by atoms with Crippen LogP contribution in [0.5, 0.6) is 0 Å². The maximum absolute atomic E-state index is 12.3. The molecule has 1 fully saturated rings. The van der Waals surface area contributed by atoms with Crippen LogP contribution in [0.2, 0.25) is 0 Å². The predicted octanol–water partition coefficient (Wildman–Crippen LogP) is 5.87. The third-order valence-corrected chi connectivity index (χ3v) is 6.50. The summed E-state index contributed by atoms with van der Waals surface area (Å²) >= 11 is 1.70. The van der Waals surface area contributed by atoms with E-state index in [1.165, 1.54) is 5.06 Å². The van der Waals surface area contributed by atoms with Crippen LogP contribution in [0.3, 0.4) is 0 Å². The molecule has 6 heteroatoms. The van der Waals surface area contributed by atoms with Crippen molar-refractivity contribution < 1.29 is 14.7 Å². The Hall–Kier alpha value is -2.18. The predicted molar refractivity (Wildman–Crippen MR) is 115 cm³/mol. The first-order valence-corrected chi connectivity index (χ1v) is 11.0. The first-order valence-electron chi connectivity index (χ1n) is 10.2. The summed E-state index contributed by atoms with van der Waals surface area (Å²) in [5, 5.41) is 12.2. The van der Waals surface area contributed by atoms with E-state index in [2.05, 4.69) is 18.2 Å². The van der Waals surface area contributed by atoms with Gasteiger partial charge in [0.15, 0.2) is 0 Å². The number of para-hydroxylation sites is 2. The van der Waals surface area contributed by atoms with Crippen LogP contribution in [0.25, 0.3) is 0 Å². The Labute approximate surface area is 176 Å². The van der Waals surface area contributed by atoms with E-state index in [4.69, 9.17) is 4.74 Å². The van der Waals surface area contributed by atoms with Gasteiger partial charge in [-0.15, -0.1) is 0 Å². The zero-order valence-corrected chi connectivity index (χ0v) is 18.0. The Balaban J connectivity index is 1.44. The minimum Gasteiger partial charge on any atom is -0.444 e. The first kappa shape index (κ1) is 20.1. The number of ether oxygens (including phenoxy) is 1. The zero-order valence-electron chi connectivity index (χ0n) is 17.2. The number of fused-ring (bicyclic) bond motifs is 2. The van der Waals surface area contributed by atoms with Gasteiger partial charge in [0.1, 0.15) is 5.60 Å². The number of amides is 1. The number of likely N-dealkylation sites (tertiary alicyclic amines) is 1. The van der Waals surface area contributed by atoms with Gasteiger partial charge in [-0.25, -0.2) is 9.86 Å². The number of hydrogen-bond acceptors (Lipinski definition) is 5. The third kappa shape index (κ3) is 4.38. The first-order chi connectivity index (χ1) is 13.8. The highest BCUT2D eigenvalue weighted by Gasteiger charge is 2.29. The fourth-order valence-electron chi connectivity index (χ4n) is 3.97. The quantitative estimate of drug-likeness (QED) is 0.669. The number of nitrogens with zero attached hydrogens (tertiary/aromatic N) is 2. The molecule has 0 aromatic heterocycles. The Morgan fingerprint density at radius 1 is 1.10 bits per heavy atom. The molecular formula is C23H28N2O3S. The SMILES string of the molecule is CC(C)(C)OC(=O)N1CCC(Cc2cccc3c2N(O)c2ccccc2S3)CC1. The second-order valence-electron chi connectivity index (χ2n) is 8.76. The van der Waals surface area contributed by atoms with Gasteiger partial charge >= 0.3 is 6.09 Å². The summed E-state index contributed by atoms with van der Waals surface area (Å²) in [7, 11) is 0. The lowest BCUT2D eigenvalue weighted by atomic mass is 9.89. The number of carbonyl (C=O) groups is 1. The highest BCUT2D eigenvalue weighted by atomic mass is 32.2. The third-order valence-electron chi connectivity index (χ3n) is 5.38. The van der Waals surface area contributed by atoms with Crippen molar-refractivity contribution in [3.63, 3.8) is 0 Å². The molecule has 0 spiro atoms. The van der Waals surface area contributed by atoms with E-state index in [1.54, 1.807) is 11.8 Å². The largest absolute Gasteiger partial charge is 0.444 e. The maximum atomic E-state index is 12.3. The molecule has 5 nitrogen and oxygen atoms in total. The number of piperidine rings is 1. The molecule has 2 aliphatic heterocycles. The van der Waals surface area contributed by atoms with Gasteiger partial charge < -0.3 is 9.64 Å². The fourth-order valence-corrected chi connectivity index (χ4v) is 5.07. The standard InChI is InChI=1S/C23H28N2O3S/c1-23(2,3)28-22(26)24-13-11-16(12-14-24)15-17-7-6-10-20-21(17)25(27)18-8-4-5-9-19(18)29-20/h4-10,16,27H,11-15H2,1-3H3. The van der Waals surface area contributed by atoms with Crippen LogP contribution >= 0.6 is 11.8 Å². The maximum Gasteiger partial charge on any atom is 0.410 e. The van der Waals surface area contributed by atoms with E-state index in [1.807, 2.05) is 49.9 Å². The monoisotopic (exact) mass is 412 g/mol. The summed E-state index contributed by atoms with van der Waals surface area (Å²) in [5.74, 6) is 0.482. The summed E-state index contributed by atoms with van der Waals surface area (Å²) in [6.07, 6.45) is 2.56. The van der Waals surface area contributed by atoms with Gasteiger partial charge in [-0.3, -0.25) is 5.21 Å². The van der Waals surface area contributed by atoms with Crippen LogP contribution in [0.4, 0.5) is 16.2 Å². The average molecular weight is 413 g/mol. The normalized spacial score (nSPS) is 17.0. The van der Waals surface area contributed by atoms with Crippen molar-refractivity contribution in [2.24, 2.45) is 5.92 Å². The number of rotatable bonds is 2. The van der Waals surface area contributed by atoms with Crippen molar-refractivity contribution in [2.75, 3.05) is 18.2 Å². The van der Waals surface area contributed by atoms with Gasteiger partial charge in [-0.05, 0) is 69.7 Å².